The highest BCUT2D eigenvalue weighted by atomic mass is 35.5. The summed E-state index contributed by atoms with van der Waals surface area (Å²) in [6, 6.07) is 13.9. The van der Waals surface area contributed by atoms with Crippen molar-refractivity contribution in [1.29, 1.82) is 0 Å². The number of hydrogen-bond acceptors (Lipinski definition) is 4. The zero-order valence-electron chi connectivity index (χ0n) is 13.1. The highest BCUT2D eigenvalue weighted by molar-refractivity contribution is 6.30. The average molecular weight is 346 g/mol. The van der Waals surface area contributed by atoms with Gasteiger partial charge >= 0.3 is 5.97 Å². The molecule has 1 heterocycles. The Morgan fingerprint density at radius 1 is 1.12 bits per heavy atom. The Morgan fingerprint density at radius 2 is 1.79 bits per heavy atom. The number of hydrogen-bond donors (Lipinski definition) is 0. The number of amides is 1. The number of para-hydroxylation sites is 2. The minimum atomic E-state index is -0.516. The SMILES string of the molecule is COc1ccccc1OC(=O)[C@H]1CC(=O)N(c2ccc(Cl)cc2)C1. The Kier molecular flexibility index (Phi) is 4.71. The first-order valence-electron chi connectivity index (χ1n) is 7.49. The van der Waals surface area contributed by atoms with Crippen molar-refractivity contribution in [1.82, 2.24) is 0 Å². The third-order valence-corrected chi connectivity index (χ3v) is 4.13. The van der Waals surface area contributed by atoms with Crippen molar-refractivity contribution in [3.63, 3.8) is 0 Å². The number of carbonyl (C=O) groups excluding carboxylic acids is 2. The lowest BCUT2D eigenvalue weighted by atomic mass is 10.1. The molecule has 124 valence electrons. The van der Waals surface area contributed by atoms with E-state index in [2.05, 4.69) is 0 Å². The zero-order valence-corrected chi connectivity index (χ0v) is 13.8. The lowest BCUT2D eigenvalue weighted by Gasteiger charge is -2.16. The van der Waals surface area contributed by atoms with Gasteiger partial charge in [0.25, 0.3) is 0 Å². The van der Waals surface area contributed by atoms with Gasteiger partial charge in [-0.3, -0.25) is 9.59 Å². The smallest absolute Gasteiger partial charge is 0.316 e. The van der Waals surface area contributed by atoms with Crippen LogP contribution in [0.5, 0.6) is 11.5 Å². The third-order valence-electron chi connectivity index (χ3n) is 3.88. The predicted molar refractivity (Wildman–Crippen MR) is 90.5 cm³/mol. The van der Waals surface area contributed by atoms with Crippen LogP contribution in [0.2, 0.25) is 5.02 Å². The predicted octanol–water partition coefficient (Wildman–Crippen LogP) is 3.31. The quantitative estimate of drug-likeness (QED) is 0.630. The zero-order chi connectivity index (χ0) is 17.1. The van der Waals surface area contributed by atoms with Crippen molar-refractivity contribution in [2.45, 2.75) is 6.42 Å². The van der Waals surface area contributed by atoms with Crippen LogP contribution >= 0.6 is 11.6 Å². The summed E-state index contributed by atoms with van der Waals surface area (Å²) in [6.07, 6.45) is 0.122. The summed E-state index contributed by atoms with van der Waals surface area (Å²) < 4.78 is 10.6. The topological polar surface area (TPSA) is 55.8 Å². The molecule has 1 amide bonds. The lowest BCUT2D eigenvalue weighted by molar-refractivity contribution is -0.139. The number of anilines is 1. The summed E-state index contributed by atoms with van der Waals surface area (Å²) in [5, 5.41) is 0.595. The van der Waals surface area contributed by atoms with E-state index in [0.717, 1.165) is 5.69 Å². The first-order valence-corrected chi connectivity index (χ1v) is 7.87. The summed E-state index contributed by atoms with van der Waals surface area (Å²) in [6.45, 7) is 0.286. The fourth-order valence-electron chi connectivity index (χ4n) is 2.63. The molecule has 1 aliphatic heterocycles. The van der Waals surface area contributed by atoms with Gasteiger partial charge in [-0.15, -0.1) is 0 Å². The second-order valence-electron chi connectivity index (χ2n) is 5.45. The van der Waals surface area contributed by atoms with Gasteiger partial charge in [0.05, 0.1) is 13.0 Å². The van der Waals surface area contributed by atoms with E-state index in [1.54, 1.807) is 53.4 Å². The van der Waals surface area contributed by atoms with Gasteiger partial charge in [-0.1, -0.05) is 23.7 Å². The molecule has 1 aliphatic rings. The largest absolute Gasteiger partial charge is 0.493 e. The van der Waals surface area contributed by atoms with Crippen LogP contribution in [-0.4, -0.2) is 25.5 Å². The van der Waals surface area contributed by atoms with E-state index in [0.29, 0.717) is 16.5 Å². The molecule has 0 radical (unpaired) electrons. The van der Waals surface area contributed by atoms with Gasteiger partial charge in [-0.25, -0.2) is 0 Å². The monoisotopic (exact) mass is 345 g/mol. The number of ether oxygens (including phenoxy) is 2. The molecule has 3 rings (SSSR count). The van der Waals surface area contributed by atoms with E-state index >= 15 is 0 Å². The molecule has 0 aromatic heterocycles. The summed E-state index contributed by atoms with van der Waals surface area (Å²) >= 11 is 5.86. The Morgan fingerprint density at radius 3 is 2.46 bits per heavy atom. The van der Waals surface area contributed by atoms with Crippen LogP contribution in [0.4, 0.5) is 5.69 Å². The molecule has 1 saturated heterocycles. The molecule has 0 N–H and O–H groups in total. The van der Waals surface area contributed by atoms with Crippen molar-refractivity contribution in [3.05, 3.63) is 53.6 Å². The molecule has 0 spiro atoms. The fourth-order valence-corrected chi connectivity index (χ4v) is 2.76. The molecule has 24 heavy (non-hydrogen) atoms. The third kappa shape index (κ3) is 3.36. The Bertz CT molecular complexity index is 760. The number of halogens is 1. The van der Waals surface area contributed by atoms with Crippen LogP contribution in [0.25, 0.3) is 0 Å². The van der Waals surface area contributed by atoms with Crippen LogP contribution in [0.15, 0.2) is 48.5 Å². The van der Waals surface area contributed by atoms with Gasteiger partial charge in [-0.05, 0) is 36.4 Å². The van der Waals surface area contributed by atoms with E-state index in [-0.39, 0.29) is 18.9 Å². The standard InChI is InChI=1S/C18H16ClNO4/c1-23-15-4-2-3-5-16(15)24-18(22)12-10-17(21)20(11-12)14-8-6-13(19)7-9-14/h2-9,12H,10-11H2,1H3/t12-/m0/s1. The van der Waals surface area contributed by atoms with Crippen LogP contribution in [0.1, 0.15) is 6.42 Å². The van der Waals surface area contributed by atoms with Gasteiger partial charge < -0.3 is 14.4 Å². The van der Waals surface area contributed by atoms with Crippen LogP contribution in [-0.2, 0) is 9.59 Å². The lowest BCUT2D eigenvalue weighted by Crippen LogP contribution is -2.27. The Balaban J connectivity index is 1.71. The Labute approximate surface area is 144 Å². The van der Waals surface area contributed by atoms with E-state index in [1.165, 1.54) is 7.11 Å². The number of rotatable bonds is 4. The Hall–Kier alpha value is -2.53. The minimum absolute atomic E-state index is 0.112. The van der Waals surface area contributed by atoms with Gasteiger partial charge in [-0.2, -0.15) is 0 Å². The summed E-state index contributed by atoms with van der Waals surface area (Å²) in [5.74, 6) is -0.242. The van der Waals surface area contributed by atoms with E-state index in [9.17, 15) is 9.59 Å². The van der Waals surface area contributed by atoms with E-state index in [1.807, 2.05) is 0 Å². The molecule has 1 fully saturated rings. The fraction of sp³-hybridized carbons (Fsp3) is 0.222. The van der Waals surface area contributed by atoms with Crippen molar-refractivity contribution < 1.29 is 19.1 Å². The van der Waals surface area contributed by atoms with Crippen molar-refractivity contribution in [2.75, 3.05) is 18.6 Å². The van der Waals surface area contributed by atoms with E-state index in [4.69, 9.17) is 21.1 Å². The summed E-state index contributed by atoms with van der Waals surface area (Å²) in [7, 11) is 1.51. The molecule has 6 heteroatoms. The highest BCUT2D eigenvalue weighted by Crippen LogP contribution is 2.30. The number of benzene rings is 2. The van der Waals surface area contributed by atoms with Crippen molar-refractivity contribution >= 4 is 29.2 Å². The molecule has 5 nitrogen and oxygen atoms in total. The maximum atomic E-state index is 12.4. The normalized spacial score (nSPS) is 17.0. The molecular formula is C18H16ClNO4. The van der Waals surface area contributed by atoms with Gasteiger partial charge in [0, 0.05) is 23.7 Å². The van der Waals surface area contributed by atoms with Crippen LogP contribution in [0.3, 0.4) is 0 Å². The molecular weight excluding hydrogens is 330 g/mol. The molecule has 0 saturated carbocycles. The number of esters is 1. The number of methoxy groups -OCH3 is 1. The average Bonchev–Trinajstić information content (AvgIpc) is 2.98. The first-order chi connectivity index (χ1) is 11.6. The van der Waals surface area contributed by atoms with Crippen molar-refractivity contribution in [3.8, 4) is 11.5 Å². The van der Waals surface area contributed by atoms with Gasteiger partial charge in [0.1, 0.15) is 0 Å². The molecule has 2 aromatic rings. The van der Waals surface area contributed by atoms with Crippen LogP contribution < -0.4 is 14.4 Å². The minimum Gasteiger partial charge on any atom is -0.493 e. The number of carbonyl (C=O) groups is 2. The highest BCUT2D eigenvalue weighted by Gasteiger charge is 2.36. The molecule has 1 atom stereocenters. The molecule has 2 aromatic carbocycles. The van der Waals surface area contributed by atoms with Crippen LogP contribution in [0, 0.1) is 5.92 Å². The summed E-state index contributed by atoms with van der Waals surface area (Å²) in [5.41, 5.74) is 0.719. The van der Waals surface area contributed by atoms with Crippen molar-refractivity contribution in [2.24, 2.45) is 5.92 Å². The second-order valence-corrected chi connectivity index (χ2v) is 5.89. The van der Waals surface area contributed by atoms with Gasteiger partial charge in [0.2, 0.25) is 5.91 Å². The maximum Gasteiger partial charge on any atom is 0.316 e. The summed E-state index contributed by atoms with van der Waals surface area (Å²) in [4.78, 5) is 26.2. The van der Waals surface area contributed by atoms with E-state index < -0.39 is 11.9 Å². The first kappa shape index (κ1) is 16.3. The maximum absolute atomic E-state index is 12.4. The molecule has 0 aliphatic carbocycles. The van der Waals surface area contributed by atoms with Gasteiger partial charge in [0.15, 0.2) is 11.5 Å². The molecule has 0 bridgehead atoms. The number of nitrogens with zero attached hydrogens (tertiary/aromatic N) is 1. The molecule has 0 unspecified atom stereocenters. The second kappa shape index (κ2) is 6.93.